The number of aliphatic hydroxyl groups excluding tert-OH is 2. The third kappa shape index (κ3) is 5.46. The molecule has 0 spiro atoms. The topological polar surface area (TPSA) is 68.2 Å². The van der Waals surface area contributed by atoms with Crippen LogP contribution in [0.5, 0.6) is 5.75 Å². The summed E-state index contributed by atoms with van der Waals surface area (Å²) < 4.78 is 18.3. The van der Waals surface area contributed by atoms with Gasteiger partial charge in [-0.05, 0) is 66.3 Å². The molecule has 3 aromatic carbocycles. The lowest BCUT2D eigenvalue weighted by Gasteiger charge is -2.32. The maximum atomic E-state index is 10.2. The first-order valence-corrected chi connectivity index (χ1v) is 12.9. The van der Waals surface area contributed by atoms with Crippen molar-refractivity contribution in [3.8, 4) is 5.75 Å². The molecule has 0 radical (unpaired) electrons. The molecule has 1 saturated heterocycles. The minimum atomic E-state index is -0.484. The van der Waals surface area contributed by atoms with Crippen LogP contribution < -0.4 is 4.74 Å². The summed E-state index contributed by atoms with van der Waals surface area (Å²) in [6, 6.07) is 22.2. The number of hydrogen-bond donors (Lipinski definition) is 2. The Kier molecular flexibility index (Phi) is 7.38. The van der Waals surface area contributed by atoms with Crippen LogP contribution in [0.25, 0.3) is 0 Å². The first-order valence-electron chi connectivity index (χ1n) is 12.5. The summed E-state index contributed by atoms with van der Waals surface area (Å²) in [5, 5.41) is 20.3. The van der Waals surface area contributed by atoms with E-state index in [0.717, 1.165) is 22.4 Å². The second-order valence-corrected chi connectivity index (χ2v) is 10.6. The lowest BCUT2D eigenvalue weighted by Crippen LogP contribution is -2.33. The average Bonchev–Trinajstić information content (AvgIpc) is 3.14. The van der Waals surface area contributed by atoms with E-state index < -0.39 is 6.10 Å². The second-order valence-electron chi connectivity index (χ2n) is 10.2. The molecule has 0 unspecified atom stereocenters. The molecule has 36 heavy (non-hydrogen) atoms. The number of halogens is 1. The summed E-state index contributed by atoms with van der Waals surface area (Å²) in [4.78, 5) is 0. The normalized spacial score (nSPS) is 24.9. The lowest BCUT2D eigenvalue weighted by atomic mass is 9.94. The molecule has 0 aliphatic carbocycles. The molecule has 4 atom stereocenters. The van der Waals surface area contributed by atoms with Gasteiger partial charge in [-0.2, -0.15) is 0 Å². The minimum absolute atomic E-state index is 0.0941. The van der Waals surface area contributed by atoms with E-state index in [1.807, 2.05) is 54.6 Å². The zero-order valence-corrected chi connectivity index (χ0v) is 21.4. The molecule has 0 bridgehead atoms. The van der Waals surface area contributed by atoms with Gasteiger partial charge in [-0.1, -0.05) is 60.1 Å². The van der Waals surface area contributed by atoms with Crippen molar-refractivity contribution in [1.82, 2.24) is 0 Å². The van der Waals surface area contributed by atoms with E-state index in [9.17, 15) is 10.2 Å². The van der Waals surface area contributed by atoms with Gasteiger partial charge in [0.25, 0.3) is 0 Å². The van der Waals surface area contributed by atoms with E-state index >= 15 is 0 Å². The van der Waals surface area contributed by atoms with Crippen LogP contribution in [0.15, 0.2) is 66.7 Å². The van der Waals surface area contributed by atoms with E-state index in [1.165, 1.54) is 11.1 Å². The standard InChI is InChI=1S/C30H33ClO5/c1-30(2)26-6-4-3-5-25(26)29(36-30)18-34-23-10-7-19(8-11-23)13-21-14-20(9-12-27(21)31)28-16-22(33)15-24(17-32)35-28/h3-12,14,22,24,28-29,32-33H,13,15-18H2,1-2H3/t22-,24-,28+,29-/m0/s1. The Morgan fingerprint density at radius 3 is 2.58 bits per heavy atom. The molecule has 5 rings (SSSR count). The first kappa shape index (κ1) is 25.2. The van der Waals surface area contributed by atoms with Crippen molar-refractivity contribution in [3.63, 3.8) is 0 Å². The van der Waals surface area contributed by atoms with E-state index in [0.29, 0.717) is 30.9 Å². The number of fused-ring (bicyclic) bond motifs is 1. The van der Waals surface area contributed by atoms with Crippen LogP contribution in [0.3, 0.4) is 0 Å². The molecule has 2 aliphatic rings. The van der Waals surface area contributed by atoms with Gasteiger partial charge in [-0.3, -0.25) is 0 Å². The van der Waals surface area contributed by atoms with Crippen LogP contribution in [0, 0.1) is 0 Å². The molecule has 1 fully saturated rings. The Balaban J connectivity index is 1.23. The SMILES string of the molecule is CC1(C)O[C@@H](COc2ccc(Cc3cc([C@H]4C[C@@H](O)C[C@@H](CO)O4)ccc3Cl)cc2)c2ccccc21. The number of hydrogen-bond acceptors (Lipinski definition) is 5. The summed E-state index contributed by atoms with van der Waals surface area (Å²) in [5.74, 6) is 0.795. The Bertz CT molecular complexity index is 1190. The van der Waals surface area contributed by atoms with Crippen LogP contribution in [0.2, 0.25) is 5.02 Å². The Morgan fingerprint density at radius 1 is 1.03 bits per heavy atom. The van der Waals surface area contributed by atoms with E-state index in [4.69, 9.17) is 25.8 Å². The molecule has 2 aliphatic heterocycles. The molecule has 6 heteroatoms. The van der Waals surface area contributed by atoms with E-state index in [1.54, 1.807) is 0 Å². The van der Waals surface area contributed by atoms with Gasteiger partial charge in [0.15, 0.2) is 0 Å². The Morgan fingerprint density at radius 2 is 1.81 bits per heavy atom. The summed E-state index contributed by atoms with van der Waals surface area (Å²) in [5.41, 5.74) is 5.16. The highest BCUT2D eigenvalue weighted by Gasteiger charge is 2.37. The highest BCUT2D eigenvalue weighted by molar-refractivity contribution is 6.31. The van der Waals surface area contributed by atoms with Gasteiger partial charge in [-0.15, -0.1) is 0 Å². The number of benzene rings is 3. The monoisotopic (exact) mass is 508 g/mol. The summed E-state index contributed by atoms with van der Waals surface area (Å²) >= 11 is 6.52. The van der Waals surface area contributed by atoms with Gasteiger partial charge in [0.2, 0.25) is 0 Å². The average molecular weight is 509 g/mol. The highest BCUT2D eigenvalue weighted by atomic mass is 35.5. The van der Waals surface area contributed by atoms with Gasteiger partial charge in [0.05, 0.1) is 30.5 Å². The minimum Gasteiger partial charge on any atom is -0.491 e. The number of aliphatic hydroxyl groups is 2. The largest absolute Gasteiger partial charge is 0.491 e. The smallest absolute Gasteiger partial charge is 0.119 e. The fourth-order valence-corrected chi connectivity index (χ4v) is 5.47. The predicted molar refractivity (Wildman–Crippen MR) is 139 cm³/mol. The number of ether oxygens (including phenoxy) is 3. The molecular formula is C30H33ClO5. The highest BCUT2D eigenvalue weighted by Crippen LogP contribution is 2.43. The fraction of sp³-hybridized carbons (Fsp3) is 0.400. The van der Waals surface area contributed by atoms with Crippen molar-refractivity contribution in [1.29, 1.82) is 0 Å². The summed E-state index contributed by atoms with van der Waals surface area (Å²) in [7, 11) is 0. The number of rotatable bonds is 7. The molecule has 0 amide bonds. The molecule has 190 valence electrons. The Labute approximate surface area is 217 Å². The summed E-state index contributed by atoms with van der Waals surface area (Å²) in [6.07, 6.45) is 0.448. The molecule has 3 aromatic rings. The van der Waals surface area contributed by atoms with Gasteiger partial charge in [0.1, 0.15) is 18.5 Å². The van der Waals surface area contributed by atoms with Gasteiger partial charge in [-0.25, -0.2) is 0 Å². The quantitative estimate of drug-likeness (QED) is 0.416. The molecule has 5 nitrogen and oxygen atoms in total. The van der Waals surface area contributed by atoms with Crippen molar-refractivity contribution in [2.24, 2.45) is 0 Å². The third-order valence-corrected chi connectivity index (χ3v) is 7.50. The molecule has 0 saturated carbocycles. The third-order valence-electron chi connectivity index (χ3n) is 7.14. The molecule has 2 heterocycles. The maximum Gasteiger partial charge on any atom is 0.119 e. The molecule has 2 N–H and O–H groups in total. The van der Waals surface area contributed by atoms with Gasteiger partial charge in [0, 0.05) is 17.9 Å². The van der Waals surface area contributed by atoms with Gasteiger partial charge < -0.3 is 24.4 Å². The van der Waals surface area contributed by atoms with E-state index in [-0.39, 0.29) is 30.5 Å². The maximum absolute atomic E-state index is 10.2. The van der Waals surface area contributed by atoms with Crippen LogP contribution in [-0.2, 0) is 21.5 Å². The zero-order valence-electron chi connectivity index (χ0n) is 20.7. The fourth-order valence-electron chi connectivity index (χ4n) is 5.28. The molecule has 0 aromatic heterocycles. The van der Waals surface area contributed by atoms with Gasteiger partial charge >= 0.3 is 0 Å². The summed E-state index contributed by atoms with van der Waals surface area (Å²) in [6.45, 7) is 4.54. The first-order chi connectivity index (χ1) is 17.3. The predicted octanol–water partition coefficient (Wildman–Crippen LogP) is 5.89. The second kappa shape index (κ2) is 10.5. The van der Waals surface area contributed by atoms with Crippen LogP contribution in [-0.4, -0.2) is 35.6 Å². The van der Waals surface area contributed by atoms with Crippen LogP contribution in [0.4, 0.5) is 0 Å². The van der Waals surface area contributed by atoms with E-state index in [2.05, 4.69) is 26.0 Å². The van der Waals surface area contributed by atoms with Crippen molar-refractivity contribution < 1.29 is 24.4 Å². The van der Waals surface area contributed by atoms with Crippen LogP contribution >= 0.6 is 11.6 Å². The van der Waals surface area contributed by atoms with Crippen molar-refractivity contribution in [2.45, 2.75) is 63.1 Å². The van der Waals surface area contributed by atoms with Crippen LogP contribution in [0.1, 0.15) is 66.7 Å². The van der Waals surface area contributed by atoms with Crippen molar-refractivity contribution >= 4 is 11.6 Å². The zero-order chi connectivity index (χ0) is 25.3. The molecular weight excluding hydrogens is 476 g/mol. The van der Waals surface area contributed by atoms with Crippen molar-refractivity contribution in [3.05, 3.63) is 99.6 Å². The van der Waals surface area contributed by atoms with Crippen molar-refractivity contribution in [2.75, 3.05) is 13.2 Å². The Hall–Kier alpha value is -2.41. The lowest BCUT2D eigenvalue weighted by molar-refractivity contribution is -0.113.